The van der Waals surface area contributed by atoms with E-state index in [2.05, 4.69) is 20.8 Å². The Morgan fingerprint density at radius 2 is 2.18 bits per heavy atom. The van der Waals surface area contributed by atoms with Gasteiger partial charge in [0.15, 0.2) is 0 Å². The van der Waals surface area contributed by atoms with Crippen molar-refractivity contribution < 1.29 is 4.79 Å². The molecule has 0 bridgehead atoms. The van der Waals surface area contributed by atoms with Crippen LogP contribution < -0.4 is 5.73 Å². The molecular formula is C13H26N2OS. The first-order valence-electron chi connectivity index (χ1n) is 6.52. The monoisotopic (exact) mass is 258 g/mol. The number of hydrogen-bond acceptors (Lipinski definition) is 3. The molecule has 1 fully saturated rings. The van der Waals surface area contributed by atoms with Gasteiger partial charge in [-0.05, 0) is 37.9 Å². The Labute approximate surface area is 109 Å². The lowest BCUT2D eigenvalue weighted by molar-refractivity contribution is -0.132. The number of hydrogen-bond donors (Lipinski definition) is 1. The molecule has 17 heavy (non-hydrogen) atoms. The number of carbonyl (C=O) groups excluding carboxylic acids is 1. The largest absolute Gasteiger partial charge is 0.345 e. The van der Waals surface area contributed by atoms with Gasteiger partial charge in [-0.2, -0.15) is 0 Å². The average molecular weight is 258 g/mol. The molecule has 3 nitrogen and oxygen atoms in total. The van der Waals surface area contributed by atoms with Crippen LogP contribution in [0.4, 0.5) is 0 Å². The number of amides is 1. The third-order valence-corrected chi connectivity index (χ3v) is 5.18. The van der Waals surface area contributed by atoms with Crippen molar-refractivity contribution in [1.82, 2.24) is 4.90 Å². The topological polar surface area (TPSA) is 46.3 Å². The van der Waals surface area contributed by atoms with E-state index < -0.39 is 0 Å². The van der Waals surface area contributed by atoms with E-state index in [4.69, 9.17) is 5.73 Å². The summed E-state index contributed by atoms with van der Waals surface area (Å²) in [6.07, 6.45) is 3.06. The summed E-state index contributed by atoms with van der Waals surface area (Å²) >= 11 is 1.80. The van der Waals surface area contributed by atoms with E-state index in [9.17, 15) is 4.79 Å². The molecule has 100 valence electrons. The molecule has 0 aliphatic carbocycles. The highest BCUT2D eigenvalue weighted by atomic mass is 32.2. The van der Waals surface area contributed by atoms with Crippen molar-refractivity contribution in [2.75, 3.05) is 19.3 Å². The van der Waals surface area contributed by atoms with Crippen LogP contribution in [0.3, 0.4) is 0 Å². The van der Waals surface area contributed by atoms with Crippen LogP contribution in [-0.4, -0.2) is 40.9 Å². The van der Waals surface area contributed by atoms with Crippen molar-refractivity contribution in [2.45, 2.75) is 50.8 Å². The molecule has 0 aromatic heterocycles. The van der Waals surface area contributed by atoms with Gasteiger partial charge >= 0.3 is 0 Å². The molecule has 0 saturated carbocycles. The van der Waals surface area contributed by atoms with Gasteiger partial charge in [-0.1, -0.05) is 13.8 Å². The van der Waals surface area contributed by atoms with E-state index in [0.29, 0.717) is 5.92 Å². The maximum Gasteiger partial charge on any atom is 0.238 e. The minimum Gasteiger partial charge on any atom is -0.345 e. The summed E-state index contributed by atoms with van der Waals surface area (Å²) in [5.41, 5.74) is 6.01. The number of nitrogens with zero attached hydrogens (tertiary/aromatic N) is 1. The van der Waals surface area contributed by atoms with Crippen molar-refractivity contribution in [1.29, 1.82) is 0 Å². The Kier molecular flexibility index (Phi) is 5.32. The highest BCUT2D eigenvalue weighted by Crippen LogP contribution is 2.38. The first kappa shape index (κ1) is 14.8. The highest BCUT2D eigenvalue weighted by Gasteiger charge is 2.38. The van der Waals surface area contributed by atoms with Gasteiger partial charge in [-0.25, -0.2) is 0 Å². The maximum absolute atomic E-state index is 12.3. The lowest BCUT2D eigenvalue weighted by Gasteiger charge is -2.29. The fourth-order valence-corrected chi connectivity index (χ4v) is 3.44. The fourth-order valence-electron chi connectivity index (χ4n) is 2.13. The normalized spacial score (nSPS) is 26.2. The van der Waals surface area contributed by atoms with Crippen molar-refractivity contribution >= 4 is 17.7 Å². The minimum absolute atomic E-state index is 0.184. The Bertz CT molecular complexity index is 262. The van der Waals surface area contributed by atoms with Gasteiger partial charge in [0.05, 0.1) is 4.75 Å². The van der Waals surface area contributed by atoms with Crippen molar-refractivity contribution in [3.05, 3.63) is 0 Å². The zero-order chi connectivity index (χ0) is 13.1. The second kappa shape index (κ2) is 6.10. The quantitative estimate of drug-likeness (QED) is 0.821. The minimum atomic E-state index is -0.184. The van der Waals surface area contributed by atoms with E-state index >= 15 is 0 Å². The molecule has 0 aromatic carbocycles. The molecule has 0 spiro atoms. The molecule has 1 heterocycles. The van der Waals surface area contributed by atoms with E-state index in [1.54, 1.807) is 11.8 Å². The van der Waals surface area contributed by atoms with Crippen LogP contribution in [0.15, 0.2) is 0 Å². The van der Waals surface area contributed by atoms with Crippen LogP contribution in [0.25, 0.3) is 0 Å². The van der Waals surface area contributed by atoms with Crippen molar-refractivity contribution in [2.24, 2.45) is 11.7 Å². The zero-order valence-electron chi connectivity index (χ0n) is 11.5. The van der Waals surface area contributed by atoms with Crippen molar-refractivity contribution in [3.8, 4) is 0 Å². The summed E-state index contributed by atoms with van der Waals surface area (Å²) in [6, 6.07) is 0.189. The lowest BCUT2D eigenvalue weighted by atomic mass is 10.0. The Balaban J connectivity index is 2.42. The molecule has 2 N–H and O–H groups in total. The first-order chi connectivity index (χ1) is 7.87. The fraction of sp³-hybridized carbons (Fsp3) is 0.923. The van der Waals surface area contributed by atoms with E-state index in [1.165, 1.54) is 0 Å². The SMILES string of the molecule is CC(C)C(N)CCN(C)C(=O)C1(C)CCCS1. The van der Waals surface area contributed by atoms with Gasteiger partial charge in [0.1, 0.15) is 0 Å². The summed E-state index contributed by atoms with van der Waals surface area (Å²) in [5.74, 6) is 1.87. The van der Waals surface area contributed by atoms with Crippen LogP contribution in [0.2, 0.25) is 0 Å². The molecule has 1 rings (SSSR count). The molecule has 1 aliphatic heterocycles. The van der Waals surface area contributed by atoms with Gasteiger partial charge < -0.3 is 10.6 Å². The number of nitrogens with two attached hydrogens (primary N) is 1. The lowest BCUT2D eigenvalue weighted by Crippen LogP contribution is -2.43. The van der Waals surface area contributed by atoms with Crippen LogP contribution in [-0.2, 0) is 4.79 Å². The third-order valence-electron chi connectivity index (χ3n) is 3.67. The molecule has 1 amide bonds. The summed E-state index contributed by atoms with van der Waals surface area (Å²) in [7, 11) is 1.90. The van der Waals surface area contributed by atoms with Crippen LogP contribution in [0, 0.1) is 5.92 Å². The third kappa shape index (κ3) is 3.88. The molecule has 0 aromatic rings. The smallest absolute Gasteiger partial charge is 0.238 e. The first-order valence-corrected chi connectivity index (χ1v) is 7.50. The summed E-state index contributed by atoms with van der Waals surface area (Å²) in [4.78, 5) is 14.2. The van der Waals surface area contributed by atoms with Gasteiger partial charge in [0.25, 0.3) is 0 Å². The predicted octanol–water partition coefficient (Wildman–Crippen LogP) is 2.10. The number of thioether (sulfide) groups is 1. The van der Waals surface area contributed by atoms with Crippen LogP contribution >= 0.6 is 11.8 Å². The molecule has 0 radical (unpaired) electrons. The van der Waals surface area contributed by atoms with Gasteiger partial charge in [-0.3, -0.25) is 4.79 Å². The highest BCUT2D eigenvalue weighted by molar-refractivity contribution is 8.01. The molecular weight excluding hydrogens is 232 g/mol. The molecule has 2 atom stereocenters. The Morgan fingerprint density at radius 3 is 2.65 bits per heavy atom. The molecule has 1 aliphatic rings. The van der Waals surface area contributed by atoms with Crippen LogP contribution in [0.5, 0.6) is 0 Å². The summed E-state index contributed by atoms with van der Waals surface area (Å²) in [6.45, 7) is 7.10. The number of rotatable bonds is 5. The summed E-state index contributed by atoms with van der Waals surface area (Å²) < 4.78 is -0.184. The van der Waals surface area contributed by atoms with Crippen LogP contribution in [0.1, 0.15) is 40.0 Å². The van der Waals surface area contributed by atoms with Gasteiger partial charge in [0.2, 0.25) is 5.91 Å². The van der Waals surface area contributed by atoms with E-state index in [1.807, 2.05) is 11.9 Å². The summed E-state index contributed by atoms with van der Waals surface area (Å²) in [5, 5.41) is 0. The number of carbonyl (C=O) groups is 1. The molecule has 2 unspecified atom stereocenters. The second-order valence-electron chi connectivity index (χ2n) is 5.61. The Morgan fingerprint density at radius 1 is 1.53 bits per heavy atom. The standard InChI is InChI=1S/C13H26N2OS/c1-10(2)11(14)6-8-15(4)12(16)13(3)7-5-9-17-13/h10-11H,5-9,14H2,1-4H3. The van der Waals surface area contributed by atoms with Gasteiger partial charge in [-0.15, -0.1) is 11.8 Å². The maximum atomic E-state index is 12.3. The van der Waals surface area contributed by atoms with E-state index in [-0.39, 0.29) is 16.7 Å². The Hall–Kier alpha value is -0.220. The van der Waals surface area contributed by atoms with Gasteiger partial charge in [0, 0.05) is 19.6 Å². The van der Waals surface area contributed by atoms with Crippen molar-refractivity contribution in [3.63, 3.8) is 0 Å². The molecule has 4 heteroatoms. The second-order valence-corrected chi connectivity index (χ2v) is 7.20. The zero-order valence-corrected chi connectivity index (χ0v) is 12.3. The van der Waals surface area contributed by atoms with E-state index in [0.717, 1.165) is 31.6 Å². The molecule has 1 saturated heterocycles. The average Bonchev–Trinajstić information content (AvgIpc) is 2.72. The predicted molar refractivity (Wildman–Crippen MR) is 75.2 cm³/mol.